The SMILES string of the molecule is C[C@@H]1C(=O)N(c2cccc(C(F)(F)F)c2)CCN1C(=O)c1cccs1. The van der Waals surface area contributed by atoms with Crippen LogP contribution in [-0.4, -0.2) is 35.8 Å². The molecule has 0 spiro atoms. The number of carbonyl (C=O) groups excluding carboxylic acids is 2. The lowest BCUT2D eigenvalue weighted by atomic mass is 10.1. The number of rotatable bonds is 2. The molecule has 0 unspecified atom stereocenters. The van der Waals surface area contributed by atoms with Crippen molar-refractivity contribution in [1.29, 1.82) is 0 Å². The smallest absolute Gasteiger partial charge is 0.324 e. The number of amides is 2. The van der Waals surface area contributed by atoms with Crippen molar-refractivity contribution in [1.82, 2.24) is 4.90 Å². The van der Waals surface area contributed by atoms with Gasteiger partial charge in [-0.1, -0.05) is 12.1 Å². The fraction of sp³-hybridized carbons (Fsp3) is 0.294. The van der Waals surface area contributed by atoms with E-state index in [1.807, 2.05) is 0 Å². The summed E-state index contributed by atoms with van der Waals surface area (Å²) in [4.78, 5) is 28.4. The zero-order valence-electron chi connectivity index (χ0n) is 13.3. The third-order valence-electron chi connectivity index (χ3n) is 4.13. The zero-order chi connectivity index (χ0) is 18.2. The average Bonchev–Trinajstić information content (AvgIpc) is 3.10. The van der Waals surface area contributed by atoms with Crippen LogP contribution in [0.5, 0.6) is 0 Å². The van der Waals surface area contributed by atoms with Crippen LogP contribution in [0.15, 0.2) is 41.8 Å². The lowest BCUT2D eigenvalue weighted by Crippen LogP contribution is -2.57. The minimum Gasteiger partial charge on any atom is -0.324 e. The van der Waals surface area contributed by atoms with Crippen molar-refractivity contribution in [2.75, 3.05) is 18.0 Å². The Kier molecular flexibility index (Phi) is 4.55. The molecule has 1 aliphatic heterocycles. The molecule has 1 aromatic heterocycles. The first kappa shape index (κ1) is 17.5. The van der Waals surface area contributed by atoms with E-state index in [4.69, 9.17) is 0 Å². The predicted octanol–water partition coefficient (Wildman–Crippen LogP) is 3.64. The van der Waals surface area contributed by atoms with Gasteiger partial charge in [0.1, 0.15) is 6.04 Å². The van der Waals surface area contributed by atoms with Gasteiger partial charge in [0.05, 0.1) is 10.4 Å². The highest BCUT2D eigenvalue weighted by molar-refractivity contribution is 7.12. The van der Waals surface area contributed by atoms with Crippen molar-refractivity contribution in [3.05, 3.63) is 52.2 Å². The van der Waals surface area contributed by atoms with Gasteiger partial charge in [-0.2, -0.15) is 13.2 Å². The molecule has 0 aliphatic carbocycles. The summed E-state index contributed by atoms with van der Waals surface area (Å²) >= 11 is 1.29. The maximum atomic E-state index is 12.9. The van der Waals surface area contributed by atoms with E-state index < -0.39 is 23.7 Å². The van der Waals surface area contributed by atoms with Crippen molar-refractivity contribution < 1.29 is 22.8 Å². The van der Waals surface area contributed by atoms with Gasteiger partial charge < -0.3 is 9.80 Å². The number of anilines is 1. The van der Waals surface area contributed by atoms with Crippen LogP contribution >= 0.6 is 11.3 Å². The Hall–Kier alpha value is -2.35. The molecule has 132 valence electrons. The topological polar surface area (TPSA) is 40.6 Å². The number of thiophene rings is 1. The molecule has 1 aliphatic rings. The summed E-state index contributed by atoms with van der Waals surface area (Å²) < 4.78 is 38.6. The molecule has 0 saturated carbocycles. The van der Waals surface area contributed by atoms with Gasteiger partial charge in [-0.15, -0.1) is 11.3 Å². The summed E-state index contributed by atoms with van der Waals surface area (Å²) in [6.45, 7) is 2.01. The van der Waals surface area contributed by atoms with Crippen molar-refractivity contribution >= 4 is 28.8 Å². The van der Waals surface area contributed by atoms with Crippen LogP contribution < -0.4 is 4.90 Å². The Morgan fingerprint density at radius 1 is 1.20 bits per heavy atom. The number of halogens is 3. The van der Waals surface area contributed by atoms with Crippen LogP contribution in [0.2, 0.25) is 0 Å². The molecule has 2 heterocycles. The number of alkyl halides is 3. The fourth-order valence-corrected chi connectivity index (χ4v) is 3.48. The van der Waals surface area contributed by atoms with E-state index in [1.165, 1.54) is 33.3 Å². The highest BCUT2D eigenvalue weighted by Gasteiger charge is 2.37. The molecule has 3 rings (SSSR count). The molecule has 1 atom stereocenters. The molecule has 1 aromatic carbocycles. The summed E-state index contributed by atoms with van der Waals surface area (Å²) in [7, 11) is 0. The number of hydrogen-bond acceptors (Lipinski definition) is 3. The van der Waals surface area contributed by atoms with Crippen LogP contribution in [0.25, 0.3) is 0 Å². The van der Waals surface area contributed by atoms with E-state index in [1.54, 1.807) is 24.4 Å². The first-order valence-electron chi connectivity index (χ1n) is 7.62. The van der Waals surface area contributed by atoms with Gasteiger partial charge in [0.25, 0.3) is 5.91 Å². The minimum atomic E-state index is -4.47. The van der Waals surface area contributed by atoms with Gasteiger partial charge in [0.2, 0.25) is 5.91 Å². The predicted molar refractivity (Wildman–Crippen MR) is 88.6 cm³/mol. The molecule has 4 nitrogen and oxygen atoms in total. The fourth-order valence-electron chi connectivity index (χ4n) is 2.80. The molecule has 8 heteroatoms. The van der Waals surface area contributed by atoms with Crippen LogP contribution in [0, 0.1) is 0 Å². The Morgan fingerprint density at radius 2 is 1.96 bits per heavy atom. The van der Waals surface area contributed by atoms with Crippen molar-refractivity contribution in [2.45, 2.75) is 19.1 Å². The number of carbonyl (C=O) groups is 2. The first-order valence-corrected chi connectivity index (χ1v) is 8.50. The Morgan fingerprint density at radius 3 is 2.60 bits per heavy atom. The van der Waals surface area contributed by atoms with E-state index in [2.05, 4.69) is 0 Å². The molecule has 0 bridgehead atoms. The number of hydrogen-bond donors (Lipinski definition) is 0. The average molecular weight is 368 g/mol. The number of benzene rings is 1. The number of nitrogens with zero attached hydrogens (tertiary/aromatic N) is 2. The lowest BCUT2D eigenvalue weighted by molar-refractivity contribution is -0.137. The zero-order valence-corrected chi connectivity index (χ0v) is 14.1. The molecule has 1 fully saturated rings. The van der Waals surface area contributed by atoms with Crippen LogP contribution in [0.4, 0.5) is 18.9 Å². The highest BCUT2D eigenvalue weighted by Crippen LogP contribution is 2.32. The van der Waals surface area contributed by atoms with Gasteiger partial charge in [-0.05, 0) is 36.6 Å². The van der Waals surface area contributed by atoms with Crippen LogP contribution in [0.3, 0.4) is 0 Å². The van der Waals surface area contributed by atoms with E-state index in [9.17, 15) is 22.8 Å². The highest BCUT2D eigenvalue weighted by atomic mass is 32.1. The lowest BCUT2D eigenvalue weighted by Gasteiger charge is -2.39. The van der Waals surface area contributed by atoms with Crippen molar-refractivity contribution in [3.63, 3.8) is 0 Å². The minimum absolute atomic E-state index is 0.154. The van der Waals surface area contributed by atoms with Gasteiger partial charge in [0, 0.05) is 18.8 Å². The summed E-state index contributed by atoms with van der Waals surface area (Å²) in [6, 6.07) is 7.37. The molecule has 0 N–H and O–H groups in total. The Labute approximate surface area is 146 Å². The number of piperazine rings is 1. The summed E-state index contributed by atoms with van der Waals surface area (Å²) in [5.74, 6) is -0.630. The summed E-state index contributed by atoms with van der Waals surface area (Å²) in [6.07, 6.45) is -4.47. The van der Waals surface area contributed by atoms with E-state index >= 15 is 0 Å². The van der Waals surface area contributed by atoms with E-state index in [-0.39, 0.29) is 24.7 Å². The molecule has 2 amide bonds. The molecule has 1 saturated heterocycles. The summed E-state index contributed by atoms with van der Waals surface area (Å²) in [5.41, 5.74) is -0.613. The van der Waals surface area contributed by atoms with Crippen LogP contribution in [-0.2, 0) is 11.0 Å². The standard InChI is InChI=1S/C17H15F3N2O2S/c1-11-15(23)22(13-5-2-4-12(10-13)17(18,19)20)8-7-21(11)16(24)14-6-3-9-25-14/h2-6,9-11H,7-8H2,1H3/t11-/m1/s1. The second-order valence-electron chi connectivity index (χ2n) is 5.69. The van der Waals surface area contributed by atoms with Crippen molar-refractivity contribution in [2.24, 2.45) is 0 Å². The Bertz CT molecular complexity index is 789. The van der Waals surface area contributed by atoms with Crippen LogP contribution in [0.1, 0.15) is 22.2 Å². The second-order valence-corrected chi connectivity index (χ2v) is 6.64. The monoisotopic (exact) mass is 368 g/mol. The molecule has 0 radical (unpaired) electrons. The van der Waals surface area contributed by atoms with Gasteiger partial charge in [0.15, 0.2) is 0 Å². The van der Waals surface area contributed by atoms with Gasteiger partial charge in [-0.25, -0.2) is 0 Å². The van der Waals surface area contributed by atoms with E-state index in [0.717, 1.165) is 12.1 Å². The quantitative estimate of drug-likeness (QED) is 0.812. The molecule has 2 aromatic rings. The molecule has 25 heavy (non-hydrogen) atoms. The first-order chi connectivity index (χ1) is 11.8. The van der Waals surface area contributed by atoms with E-state index in [0.29, 0.717) is 4.88 Å². The maximum Gasteiger partial charge on any atom is 0.416 e. The van der Waals surface area contributed by atoms with Crippen molar-refractivity contribution in [3.8, 4) is 0 Å². The normalized spacial score (nSPS) is 18.6. The van der Waals surface area contributed by atoms with Gasteiger partial charge >= 0.3 is 6.18 Å². The maximum absolute atomic E-state index is 12.9. The summed E-state index contributed by atoms with van der Waals surface area (Å²) in [5, 5.41) is 1.78. The Balaban J connectivity index is 1.82. The largest absolute Gasteiger partial charge is 0.416 e. The molecular formula is C17H15F3N2O2S. The third kappa shape index (κ3) is 3.39. The third-order valence-corrected chi connectivity index (χ3v) is 4.99. The molecular weight excluding hydrogens is 353 g/mol. The second kappa shape index (κ2) is 6.51. The van der Waals surface area contributed by atoms with Gasteiger partial charge in [-0.3, -0.25) is 9.59 Å².